The third-order valence-corrected chi connectivity index (χ3v) is 4.79. The molecule has 0 aromatic heterocycles. The Bertz CT molecular complexity index is 851. The molecule has 29 heavy (non-hydrogen) atoms. The normalized spacial score (nSPS) is 13.7. The minimum Gasteiger partial charge on any atom is -0.493 e. The summed E-state index contributed by atoms with van der Waals surface area (Å²) in [6.45, 7) is 0.221. The molecule has 0 bridgehead atoms. The predicted molar refractivity (Wildman–Crippen MR) is 100 cm³/mol. The largest absolute Gasteiger partial charge is 0.493 e. The predicted octanol–water partition coefficient (Wildman–Crippen LogP) is 4.54. The van der Waals surface area contributed by atoms with Crippen molar-refractivity contribution >= 4 is 5.91 Å². The molecule has 0 saturated heterocycles. The van der Waals surface area contributed by atoms with Gasteiger partial charge in [-0.2, -0.15) is 13.2 Å². The molecule has 1 amide bonds. The minimum absolute atomic E-state index is 0.0592. The fourth-order valence-corrected chi connectivity index (χ4v) is 3.12. The lowest BCUT2D eigenvalue weighted by atomic mass is 10.1. The molecule has 0 heterocycles. The van der Waals surface area contributed by atoms with Crippen molar-refractivity contribution in [2.45, 2.75) is 31.6 Å². The molecule has 3 rings (SSSR count). The maximum Gasteiger partial charge on any atom is 0.416 e. The highest BCUT2D eigenvalue weighted by Gasteiger charge is 2.34. The maximum absolute atomic E-state index is 13.2. The highest BCUT2D eigenvalue weighted by molar-refractivity contribution is 5.96. The van der Waals surface area contributed by atoms with Crippen LogP contribution in [-0.2, 0) is 12.7 Å². The van der Waals surface area contributed by atoms with Gasteiger partial charge in [0.1, 0.15) is 0 Å². The third kappa shape index (κ3) is 4.58. The van der Waals surface area contributed by atoms with E-state index in [0.717, 1.165) is 25.0 Å². The number of hydrogen-bond acceptors (Lipinski definition) is 4. The van der Waals surface area contributed by atoms with Crippen LogP contribution in [0.5, 0.6) is 17.2 Å². The third-order valence-electron chi connectivity index (χ3n) is 4.79. The lowest BCUT2D eigenvalue weighted by Crippen LogP contribution is -2.32. The second-order valence-corrected chi connectivity index (χ2v) is 6.77. The van der Waals surface area contributed by atoms with E-state index in [4.69, 9.17) is 14.2 Å². The first-order chi connectivity index (χ1) is 13.8. The number of carbonyl (C=O) groups excluding carboxylic acids is 1. The van der Waals surface area contributed by atoms with E-state index in [-0.39, 0.29) is 18.5 Å². The van der Waals surface area contributed by atoms with Gasteiger partial charge in [-0.1, -0.05) is 12.1 Å². The summed E-state index contributed by atoms with van der Waals surface area (Å²) in [5.41, 5.74) is 0.277. The molecule has 1 aliphatic carbocycles. The van der Waals surface area contributed by atoms with Gasteiger partial charge in [-0.15, -0.1) is 0 Å². The molecular formula is C21H22F3NO4. The Morgan fingerprint density at radius 2 is 1.55 bits per heavy atom. The van der Waals surface area contributed by atoms with Crippen LogP contribution in [-0.4, -0.2) is 38.2 Å². The first-order valence-corrected chi connectivity index (χ1v) is 9.05. The molecule has 0 spiro atoms. The molecular weight excluding hydrogens is 387 g/mol. The van der Waals surface area contributed by atoms with Crippen molar-refractivity contribution in [2.24, 2.45) is 0 Å². The molecule has 2 aromatic rings. The van der Waals surface area contributed by atoms with E-state index in [9.17, 15) is 18.0 Å². The summed E-state index contributed by atoms with van der Waals surface area (Å²) in [6.07, 6.45) is -2.67. The number of carbonyl (C=O) groups is 1. The molecule has 0 N–H and O–H groups in total. The van der Waals surface area contributed by atoms with Gasteiger partial charge in [0.25, 0.3) is 5.91 Å². The van der Waals surface area contributed by atoms with Crippen LogP contribution in [0.4, 0.5) is 13.2 Å². The van der Waals surface area contributed by atoms with E-state index in [1.807, 2.05) is 0 Å². The van der Waals surface area contributed by atoms with E-state index < -0.39 is 11.7 Å². The highest BCUT2D eigenvalue weighted by Crippen LogP contribution is 2.39. The maximum atomic E-state index is 13.2. The topological polar surface area (TPSA) is 48.0 Å². The first-order valence-electron chi connectivity index (χ1n) is 9.05. The van der Waals surface area contributed by atoms with Crippen molar-refractivity contribution in [3.63, 3.8) is 0 Å². The van der Waals surface area contributed by atoms with Gasteiger partial charge in [-0.25, -0.2) is 0 Å². The van der Waals surface area contributed by atoms with E-state index in [1.54, 1.807) is 17.0 Å². The second-order valence-electron chi connectivity index (χ2n) is 6.77. The zero-order chi connectivity index (χ0) is 21.2. The van der Waals surface area contributed by atoms with Gasteiger partial charge in [0.2, 0.25) is 5.75 Å². The van der Waals surface area contributed by atoms with Crippen molar-refractivity contribution in [3.8, 4) is 17.2 Å². The van der Waals surface area contributed by atoms with Gasteiger partial charge in [0.05, 0.1) is 26.9 Å². The summed E-state index contributed by atoms with van der Waals surface area (Å²) in [4.78, 5) is 14.9. The highest BCUT2D eigenvalue weighted by atomic mass is 19.4. The molecule has 2 aromatic carbocycles. The van der Waals surface area contributed by atoms with E-state index in [0.29, 0.717) is 28.4 Å². The Hall–Kier alpha value is -2.90. The first kappa shape index (κ1) is 20.8. The Morgan fingerprint density at radius 1 is 1.00 bits per heavy atom. The van der Waals surface area contributed by atoms with Crippen molar-refractivity contribution in [2.75, 3.05) is 21.3 Å². The molecule has 156 valence electrons. The molecule has 5 nitrogen and oxygen atoms in total. The lowest BCUT2D eigenvalue weighted by molar-refractivity contribution is -0.137. The quantitative estimate of drug-likeness (QED) is 0.674. The number of halogens is 3. The van der Waals surface area contributed by atoms with Gasteiger partial charge in [0, 0.05) is 18.2 Å². The standard InChI is InChI=1S/C21H22F3NO4/c1-27-17-10-14(11-18(28-2)19(17)29-3)20(26)25(16-8-9-16)12-13-4-6-15(7-5-13)21(22,23)24/h4-7,10-11,16H,8-9,12H2,1-3H3. The number of benzene rings is 2. The molecule has 1 saturated carbocycles. The van der Waals surface area contributed by atoms with Crippen LogP contribution < -0.4 is 14.2 Å². The smallest absolute Gasteiger partial charge is 0.416 e. The van der Waals surface area contributed by atoms with Crippen LogP contribution in [0.3, 0.4) is 0 Å². The van der Waals surface area contributed by atoms with Crippen molar-refractivity contribution in [1.82, 2.24) is 4.90 Å². The number of alkyl halides is 3. The fraction of sp³-hybridized carbons (Fsp3) is 0.381. The van der Waals surface area contributed by atoms with E-state index >= 15 is 0 Å². The summed E-state index contributed by atoms with van der Waals surface area (Å²) < 4.78 is 54.2. The van der Waals surface area contributed by atoms with Crippen LogP contribution in [0.1, 0.15) is 34.3 Å². The summed E-state index contributed by atoms with van der Waals surface area (Å²) >= 11 is 0. The average molecular weight is 409 g/mol. The van der Waals surface area contributed by atoms with Crippen LogP contribution in [0.25, 0.3) is 0 Å². The van der Waals surface area contributed by atoms with Crippen molar-refractivity contribution < 1.29 is 32.2 Å². The van der Waals surface area contributed by atoms with E-state index in [1.165, 1.54) is 33.5 Å². The zero-order valence-corrected chi connectivity index (χ0v) is 16.4. The molecule has 0 atom stereocenters. The lowest BCUT2D eigenvalue weighted by Gasteiger charge is -2.24. The number of hydrogen-bond donors (Lipinski definition) is 0. The van der Waals surface area contributed by atoms with Gasteiger partial charge in [-0.05, 0) is 42.7 Å². The number of ether oxygens (including phenoxy) is 3. The summed E-state index contributed by atoms with van der Waals surface area (Å²) in [5.74, 6) is 0.861. The Kier molecular flexibility index (Phi) is 5.91. The molecule has 0 aliphatic heterocycles. The summed E-state index contributed by atoms with van der Waals surface area (Å²) in [7, 11) is 4.40. The zero-order valence-electron chi connectivity index (χ0n) is 16.4. The second kappa shape index (κ2) is 8.23. The number of methoxy groups -OCH3 is 3. The van der Waals surface area contributed by atoms with Crippen molar-refractivity contribution in [3.05, 3.63) is 53.1 Å². The van der Waals surface area contributed by atoms with Gasteiger partial charge >= 0.3 is 6.18 Å². The molecule has 1 fully saturated rings. The molecule has 1 aliphatic rings. The fourth-order valence-electron chi connectivity index (χ4n) is 3.12. The monoisotopic (exact) mass is 409 g/mol. The van der Waals surface area contributed by atoms with Crippen molar-refractivity contribution in [1.29, 1.82) is 0 Å². The van der Waals surface area contributed by atoms with Crippen LogP contribution in [0.2, 0.25) is 0 Å². The SMILES string of the molecule is COc1cc(C(=O)N(Cc2ccc(C(F)(F)F)cc2)C2CC2)cc(OC)c1OC. The average Bonchev–Trinajstić information content (AvgIpc) is 3.55. The number of amides is 1. The Balaban J connectivity index is 1.87. The van der Waals surface area contributed by atoms with Crippen LogP contribution in [0.15, 0.2) is 36.4 Å². The summed E-state index contributed by atoms with van der Waals surface area (Å²) in [6, 6.07) is 8.08. The summed E-state index contributed by atoms with van der Waals surface area (Å²) in [5, 5.41) is 0. The van der Waals surface area contributed by atoms with Gasteiger partial charge < -0.3 is 19.1 Å². The van der Waals surface area contributed by atoms with Gasteiger partial charge in [-0.3, -0.25) is 4.79 Å². The minimum atomic E-state index is -4.39. The Morgan fingerprint density at radius 3 is 1.97 bits per heavy atom. The molecule has 8 heteroatoms. The van der Waals surface area contributed by atoms with E-state index in [2.05, 4.69) is 0 Å². The number of rotatable bonds is 7. The van der Waals surface area contributed by atoms with Crippen LogP contribution in [0, 0.1) is 0 Å². The molecule has 0 unspecified atom stereocenters. The number of nitrogens with zero attached hydrogens (tertiary/aromatic N) is 1. The Labute approximate surface area is 167 Å². The van der Waals surface area contributed by atoms with Crippen LogP contribution >= 0.6 is 0 Å². The molecule has 0 radical (unpaired) electrons. The van der Waals surface area contributed by atoms with Gasteiger partial charge in [0.15, 0.2) is 11.5 Å².